The van der Waals surface area contributed by atoms with Crippen LogP contribution in [0, 0.1) is 23.1 Å². The van der Waals surface area contributed by atoms with E-state index in [9.17, 15) is 34.4 Å². The Bertz CT molecular complexity index is 1130. The molecule has 6 N–H and O–H groups in total. The van der Waals surface area contributed by atoms with Crippen LogP contribution in [-0.4, -0.2) is 130 Å². The highest BCUT2D eigenvalue weighted by Crippen LogP contribution is 2.61. The van der Waals surface area contributed by atoms with Gasteiger partial charge in [0.1, 0.15) is 29.9 Å². The number of likely N-dealkylation sites (tertiary alicyclic amines) is 2. The largest absolute Gasteiger partial charge is 0.493 e. The number of aliphatic hydroxyl groups excluding tert-OH is 5. The number of aliphatic hydroxyl groups is 5. The third-order valence-electron chi connectivity index (χ3n) is 9.47. The van der Waals surface area contributed by atoms with Crippen LogP contribution in [0.5, 0.6) is 5.75 Å². The van der Waals surface area contributed by atoms with Gasteiger partial charge in [0, 0.05) is 51.3 Å². The number of halogens is 1. The molecule has 5 atom stereocenters. The molecule has 3 aliphatic rings. The molecular weight excluding hydrogens is 589 g/mol. The van der Waals surface area contributed by atoms with Crippen LogP contribution in [-0.2, 0) is 16.0 Å². The number of nitrogens with one attached hydrogen (secondary N) is 1. The fourth-order valence-corrected chi connectivity index (χ4v) is 6.44. The Balaban J connectivity index is 1.08. The molecule has 0 bridgehead atoms. The Morgan fingerprint density at radius 2 is 1.76 bits per heavy atom. The Morgan fingerprint density at radius 1 is 1.07 bits per heavy atom. The van der Waals surface area contributed by atoms with E-state index in [1.54, 1.807) is 17.0 Å². The van der Waals surface area contributed by atoms with Crippen LogP contribution in [0.2, 0.25) is 0 Å². The van der Waals surface area contributed by atoms with Gasteiger partial charge in [0.25, 0.3) is 0 Å². The van der Waals surface area contributed by atoms with Gasteiger partial charge in [0.2, 0.25) is 5.91 Å². The zero-order valence-corrected chi connectivity index (χ0v) is 26.3. The van der Waals surface area contributed by atoms with Gasteiger partial charge in [-0.05, 0) is 68.9 Å². The summed E-state index contributed by atoms with van der Waals surface area (Å²) in [5, 5.41) is 50.7. The average Bonchev–Trinajstić information content (AvgIpc) is 3.66. The zero-order chi connectivity index (χ0) is 32.7. The van der Waals surface area contributed by atoms with Crippen molar-refractivity contribution in [2.75, 3.05) is 52.5 Å². The molecule has 2 amide bonds. The van der Waals surface area contributed by atoms with Gasteiger partial charge in [-0.15, -0.1) is 0 Å². The molecule has 2 saturated heterocycles. The SMILES string of the molecule is CC(C)OC(=O)N1CCC2(CC1)CC2CCCOc1ccc(CC(=O)N2CC(CNC[C@H](O)[C@@H](O)[C@H](O)[C@H](O)CO)C2)c(F)c1. The van der Waals surface area contributed by atoms with E-state index in [-0.39, 0.29) is 37.0 Å². The molecule has 1 aromatic rings. The van der Waals surface area contributed by atoms with Crippen LogP contribution in [0.3, 0.4) is 0 Å². The van der Waals surface area contributed by atoms with Gasteiger partial charge in [-0.2, -0.15) is 0 Å². The summed E-state index contributed by atoms with van der Waals surface area (Å²) in [4.78, 5) is 28.2. The molecule has 1 aliphatic carbocycles. The number of amides is 2. The molecule has 13 heteroatoms. The van der Waals surface area contributed by atoms with Crippen molar-refractivity contribution in [2.45, 2.75) is 82.9 Å². The van der Waals surface area contributed by atoms with Gasteiger partial charge in [0.05, 0.1) is 31.8 Å². The van der Waals surface area contributed by atoms with Crippen LogP contribution >= 0.6 is 0 Å². The van der Waals surface area contributed by atoms with Gasteiger partial charge < -0.3 is 50.1 Å². The lowest BCUT2D eigenvalue weighted by atomic mass is 9.90. The predicted molar refractivity (Wildman–Crippen MR) is 162 cm³/mol. The topological polar surface area (TPSA) is 172 Å². The smallest absolute Gasteiger partial charge is 0.410 e. The number of piperidine rings is 1. The maximum atomic E-state index is 14.8. The van der Waals surface area contributed by atoms with Crippen molar-refractivity contribution >= 4 is 12.0 Å². The van der Waals surface area contributed by atoms with Crippen molar-refractivity contribution in [1.82, 2.24) is 15.1 Å². The Labute approximate surface area is 264 Å². The van der Waals surface area contributed by atoms with Crippen molar-refractivity contribution in [3.8, 4) is 5.75 Å². The fraction of sp³-hybridized carbons (Fsp3) is 0.750. The van der Waals surface area contributed by atoms with E-state index in [1.807, 2.05) is 18.7 Å². The van der Waals surface area contributed by atoms with Crippen molar-refractivity contribution in [1.29, 1.82) is 0 Å². The molecule has 254 valence electrons. The third kappa shape index (κ3) is 9.49. The minimum Gasteiger partial charge on any atom is -0.493 e. The van der Waals surface area contributed by atoms with Gasteiger partial charge in [-0.25, -0.2) is 9.18 Å². The zero-order valence-electron chi connectivity index (χ0n) is 26.3. The quantitative estimate of drug-likeness (QED) is 0.141. The molecule has 1 unspecified atom stereocenters. The fourth-order valence-electron chi connectivity index (χ4n) is 6.44. The van der Waals surface area contributed by atoms with Gasteiger partial charge >= 0.3 is 6.09 Å². The Hall–Kier alpha value is -2.55. The summed E-state index contributed by atoms with van der Waals surface area (Å²) < 4.78 is 25.9. The molecule has 0 radical (unpaired) electrons. The van der Waals surface area contributed by atoms with E-state index in [1.165, 1.54) is 12.5 Å². The number of carbonyl (C=O) groups excluding carboxylic acids is 2. The molecular formula is C32H50FN3O9. The summed E-state index contributed by atoms with van der Waals surface area (Å²) in [6.07, 6.45) is -1.49. The summed E-state index contributed by atoms with van der Waals surface area (Å²) in [5.74, 6) is 0.531. The molecule has 1 saturated carbocycles. The molecule has 2 aliphatic heterocycles. The highest BCUT2D eigenvalue weighted by Gasteiger charge is 2.54. The number of carbonyl (C=O) groups is 2. The van der Waals surface area contributed by atoms with E-state index >= 15 is 0 Å². The van der Waals surface area contributed by atoms with Crippen molar-refractivity contribution in [2.24, 2.45) is 17.3 Å². The lowest BCUT2D eigenvalue weighted by molar-refractivity contribution is -0.136. The molecule has 2 heterocycles. The van der Waals surface area contributed by atoms with Crippen LogP contribution in [0.15, 0.2) is 18.2 Å². The molecule has 0 aromatic heterocycles. The second kappa shape index (κ2) is 15.8. The summed E-state index contributed by atoms with van der Waals surface area (Å²) in [6.45, 7) is 6.31. The first kappa shape index (κ1) is 35.3. The normalized spacial score (nSPS) is 22.1. The molecule has 1 spiro atoms. The molecule has 45 heavy (non-hydrogen) atoms. The number of nitrogens with zero attached hydrogens (tertiary/aromatic N) is 2. The molecule has 12 nitrogen and oxygen atoms in total. The van der Waals surface area contributed by atoms with Crippen LogP contribution < -0.4 is 10.1 Å². The number of ether oxygens (including phenoxy) is 2. The monoisotopic (exact) mass is 639 g/mol. The standard InChI is InChI=1S/C32H50FN3O9/c1-20(2)45-31(43)35-9-7-32(8-10-35)14-23(32)4-3-11-44-24-6-5-22(25(33)13-24)12-28(40)36-17-21(18-36)15-34-16-26(38)29(41)30(42)27(39)19-37/h5-6,13,20-21,23,26-27,29-30,34,37-39,41-42H,3-4,7-12,14-19H2,1-2H3/t23?,26-,27+,29+,30+/m0/s1. The predicted octanol–water partition coefficient (Wildman–Crippen LogP) is 0.658. The first-order chi connectivity index (χ1) is 21.4. The second-order valence-corrected chi connectivity index (χ2v) is 13.2. The summed E-state index contributed by atoms with van der Waals surface area (Å²) in [6, 6.07) is 4.60. The van der Waals surface area contributed by atoms with E-state index in [4.69, 9.17) is 14.6 Å². The number of hydrogen-bond donors (Lipinski definition) is 6. The van der Waals surface area contributed by atoms with E-state index in [2.05, 4.69) is 5.32 Å². The lowest BCUT2D eigenvalue weighted by Crippen LogP contribution is -2.55. The first-order valence-corrected chi connectivity index (χ1v) is 16.1. The average molecular weight is 640 g/mol. The number of hydrogen-bond acceptors (Lipinski definition) is 10. The van der Waals surface area contributed by atoms with Crippen LogP contribution in [0.1, 0.15) is 51.5 Å². The second-order valence-electron chi connectivity index (χ2n) is 13.2. The lowest BCUT2D eigenvalue weighted by Gasteiger charge is -2.39. The Morgan fingerprint density at radius 3 is 2.40 bits per heavy atom. The number of benzene rings is 1. The maximum absolute atomic E-state index is 14.8. The summed E-state index contributed by atoms with van der Waals surface area (Å²) >= 11 is 0. The molecule has 3 fully saturated rings. The van der Waals surface area contributed by atoms with E-state index in [0.717, 1.165) is 38.8 Å². The van der Waals surface area contributed by atoms with Gasteiger partial charge in [-0.1, -0.05) is 6.07 Å². The molecule has 1 aromatic carbocycles. The third-order valence-corrected chi connectivity index (χ3v) is 9.47. The highest BCUT2D eigenvalue weighted by molar-refractivity contribution is 5.79. The van der Waals surface area contributed by atoms with Crippen molar-refractivity contribution in [3.05, 3.63) is 29.6 Å². The van der Waals surface area contributed by atoms with Crippen molar-refractivity contribution in [3.63, 3.8) is 0 Å². The molecule has 4 rings (SSSR count). The van der Waals surface area contributed by atoms with Crippen molar-refractivity contribution < 1.29 is 49.0 Å². The first-order valence-electron chi connectivity index (χ1n) is 16.1. The summed E-state index contributed by atoms with van der Waals surface area (Å²) in [5.41, 5.74) is 0.642. The van der Waals surface area contributed by atoms with Gasteiger partial charge in [0.15, 0.2) is 0 Å². The maximum Gasteiger partial charge on any atom is 0.410 e. The van der Waals surface area contributed by atoms with Crippen LogP contribution in [0.4, 0.5) is 9.18 Å². The minimum atomic E-state index is -1.68. The summed E-state index contributed by atoms with van der Waals surface area (Å²) in [7, 11) is 0. The number of rotatable bonds is 16. The van der Waals surface area contributed by atoms with E-state index < -0.39 is 36.8 Å². The highest BCUT2D eigenvalue weighted by atomic mass is 19.1. The van der Waals surface area contributed by atoms with E-state index in [0.29, 0.717) is 48.9 Å². The minimum absolute atomic E-state index is 0.0429. The Kier molecular flexibility index (Phi) is 12.4. The van der Waals surface area contributed by atoms with Gasteiger partial charge in [-0.3, -0.25) is 4.79 Å². The van der Waals surface area contributed by atoms with Crippen LogP contribution in [0.25, 0.3) is 0 Å².